The smallest absolute Gasteiger partial charge is 0.323 e. The molecule has 1 fully saturated rings. The van der Waals surface area contributed by atoms with Crippen molar-refractivity contribution in [2.45, 2.75) is 51.0 Å². The van der Waals surface area contributed by atoms with Crippen LogP contribution in [0, 0.1) is 0 Å². The van der Waals surface area contributed by atoms with Gasteiger partial charge in [-0.3, -0.25) is 14.7 Å². The third-order valence-electron chi connectivity index (χ3n) is 6.57. The van der Waals surface area contributed by atoms with Gasteiger partial charge < -0.3 is 19.5 Å². The standard InChI is InChI=1S/C26H31FN6O4/c1-3-8-35-15-23-29-10-16(11-30-23)19-4-5-20-24-25(19)36-13-17(27)14-37-26(34)21-9-18(6-7-33(21)2)31-22(32-24)12-28-20/h4-5,10-12,17-18,21H,3,6-9,13-15H2,1-2H3,(H,31,32)/t17?,18-,21-/m0/s1. The third kappa shape index (κ3) is 5.78. The Morgan fingerprint density at radius 3 is 2.78 bits per heavy atom. The Labute approximate surface area is 214 Å². The number of halogens is 1. The number of anilines is 1. The number of hydrogen-bond donors (Lipinski definition) is 1. The van der Waals surface area contributed by atoms with Crippen molar-refractivity contribution in [3.8, 4) is 16.9 Å². The Hall–Kier alpha value is -3.44. The number of esters is 1. The average Bonchev–Trinajstić information content (AvgIpc) is 2.91. The maximum atomic E-state index is 14.8. The first-order chi connectivity index (χ1) is 18.0. The summed E-state index contributed by atoms with van der Waals surface area (Å²) in [6, 6.07) is 3.22. The zero-order valence-corrected chi connectivity index (χ0v) is 21.0. The number of likely N-dealkylation sites (N-methyl/N-ethyl adjacent to an activating group) is 1. The molecule has 37 heavy (non-hydrogen) atoms. The van der Waals surface area contributed by atoms with Crippen LogP contribution >= 0.6 is 0 Å². The molecule has 1 aromatic carbocycles. The van der Waals surface area contributed by atoms with Crippen molar-refractivity contribution in [1.29, 1.82) is 0 Å². The van der Waals surface area contributed by atoms with E-state index >= 15 is 0 Å². The first-order valence-corrected chi connectivity index (χ1v) is 12.6. The lowest BCUT2D eigenvalue weighted by atomic mass is 9.97. The van der Waals surface area contributed by atoms with E-state index in [9.17, 15) is 9.18 Å². The van der Waals surface area contributed by atoms with Crippen LogP contribution in [0.5, 0.6) is 5.75 Å². The first-order valence-electron chi connectivity index (χ1n) is 12.6. The molecule has 2 aliphatic rings. The van der Waals surface area contributed by atoms with E-state index in [1.54, 1.807) is 18.6 Å². The summed E-state index contributed by atoms with van der Waals surface area (Å²) in [6.45, 7) is 3.02. The number of nitrogens with zero attached hydrogens (tertiary/aromatic N) is 5. The normalized spacial score (nSPS) is 22.7. The molecule has 1 saturated heterocycles. The van der Waals surface area contributed by atoms with Gasteiger partial charge in [-0.15, -0.1) is 0 Å². The zero-order chi connectivity index (χ0) is 25.8. The summed E-state index contributed by atoms with van der Waals surface area (Å²) in [6.07, 6.45) is 5.79. The molecular formula is C26H31FN6O4. The van der Waals surface area contributed by atoms with Crippen molar-refractivity contribution in [1.82, 2.24) is 24.8 Å². The van der Waals surface area contributed by atoms with E-state index in [4.69, 9.17) is 19.2 Å². The van der Waals surface area contributed by atoms with Gasteiger partial charge in [-0.05, 0) is 38.4 Å². The molecule has 2 aliphatic heterocycles. The van der Waals surface area contributed by atoms with Crippen LogP contribution in [0.4, 0.5) is 10.2 Å². The highest BCUT2D eigenvalue weighted by Gasteiger charge is 2.33. The second-order valence-electron chi connectivity index (χ2n) is 9.41. The van der Waals surface area contributed by atoms with Gasteiger partial charge in [-0.2, -0.15) is 0 Å². The summed E-state index contributed by atoms with van der Waals surface area (Å²) in [5.41, 5.74) is 2.47. The number of nitrogens with one attached hydrogen (secondary N) is 1. The fourth-order valence-corrected chi connectivity index (χ4v) is 4.56. The number of alkyl halides is 1. The van der Waals surface area contributed by atoms with Gasteiger partial charge in [0.25, 0.3) is 0 Å². The van der Waals surface area contributed by atoms with Crippen LogP contribution in [-0.2, 0) is 20.9 Å². The lowest BCUT2D eigenvalue weighted by Crippen LogP contribution is -2.49. The van der Waals surface area contributed by atoms with Crippen molar-refractivity contribution in [2.75, 3.05) is 38.7 Å². The monoisotopic (exact) mass is 510 g/mol. The van der Waals surface area contributed by atoms with Crippen molar-refractivity contribution in [2.24, 2.45) is 0 Å². The molecule has 1 N–H and O–H groups in total. The van der Waals surface area contributed by atoms with E-state index in [1.165, 1.54) is 0 Å². The van der Waals surface area contributed by atoms with Crippen molar-refractivity contribution in [3.05, 3.63) is 36.5 Å². The fraction of sp³-hybridized carbons (Fsp3) is 0.500. The van der Waals surface area contributed by atoms with Crippen molar-refractivity contribution < 1.29 is 23.4 Å². The van der Waals surface area contributed by atoms with Crippen molar-refractivity contribution >= 4 is 22.8 Å². The summed E-state index contributed by atoms with van der Waals surface area (Å²) in [4.78, 5) is 32.8. The van der Waals surface area contributed by atoms with Crippen LogP contribution < -0.4 is 10.1 Å². The highest BCUT2D eigenvalue weighted by molar-refractivity contribution is 5.90. The highest BCUT2D eigenvalue weighted by Crippen LogP contribution is 2.36. The largest absolute Gasteiger partial charge is 0.487 e. The minimum absolute atomic E-state index is 0.00645. The maximum Gasteiger partial charge on any atom is 0.323 e. The summed E-state index contributed by atoms with van der Waals surface area (Å²) in [5, 5.41) is 3.41. The SMILES string of the molecule is CCCOCc1ncc(-c2ccc3ncc4nc3c2OCC(F)COC(=O)[C@@H]2C[C@H](CCN2C)N4)cn1. The van der Waals surface area contributed by atoms with E-state index in [1.807, 2.05) is 31.0 Å². The second kappa shape index (κ2) is 11.3. The number of ether oxygens (including phenoxy) is 3. The van der Waals surface area contributed by atoms with E-state index in [2.05, 4.69) is 20.3 Å². The van der Waals surface area contributed by atoms with Crippen LogP contribution in [-0.4, -0.2) is 82.5 Å². The number of aromatic nitrogens is 4. The molecule has 4 bridgehead atoms. The molecule has 0 amide bonds. The number of cyclic esters (lactones) is 1. The molecule has 0 saturated carbocycles. The number of fused-ring (bicyclic) bond motifs is 3. The van der Waals surface area contributed by atoms with Gasteiger partial charge >= 0.3 is 5.97 Å². The molecule has 2 aromatic heterocycles. The molecule has 0 radical (unpaired) electrons. The Morgan fingerprint density at radius 2 is 1.97 bits per heavy atom. The van der Waals surface area contributed by atoms with Gasteiger partial charge in [0.05, 0.1) is 11.7 Å². The lowest BCUT2D eigenvalue weighted by Gasteiger charge is -2.36. The number of carbonyl (C=O) groups excluding carboxylic acids is 1. The summed E-state index contributed by atoms with van der Waals surface area (Å²) in [5.74, 6) is 1.07. The molecule has 3 atom stereocenters. The molecule has 11 heteroatoms. The van der Waals surface area contributed by atoms with Crippen LogP contribution in [0.2, 0.25) is 0 Å². The Bertz CT molecular complexity index is 1240. The van der Waals surface area contributed by atoms with Gasteiger partial charge in [0.1, 0.15) is 37.2 Å². The van der Waals surface area contributed by atoms with Gasteiger partial charge in [0, 0.05) is 42.7 Å². The number of carbonyl (C=O) groups is 1. The molecule has 10 nitrogen and oxygen atoms in total. The first kappa shape index (κ1) is 25.2. The van der Waals surface area contributed by atoms with Crippen LogP contribution in [0.1, 0.15) is 32.0 Å². The van der Waals surface area contributed by atoms with Gasteiger partial charge in [0.2, 0.25) is 0 Å². The minimum atomic E-state index is -1.51. The molecule has 3 aromatic rings. The van der Waals surface area contributed by atoms with Crippen LogP contribution in [0.25, 0.3) is 22.2 Å². The summed E-state index contributed by atoms with van der Waals surface area (Å²) in [7, 11) is 1.87. The Morgan fingerprint density at radius 1 is 1.16 bits per heavy atom. The topological polar surface area (TPSA) is 112 Å². The lowest BCUT2D eigenvalue weighted by molar-refractivity contribution is -0.153. The molecule has 5 rings (SSSR count). The molecule has 0 aliphatic carbocycles. The predicted molar refractivity (Wildman–Crippen MR) is 135 cm³/mol. The number of hydrogen-bond acceptors (Lipinski definition) is 10. The predicted octanol–water partition coefficient (Wildman–Crippen LogP) is 3.16. The number of benzene rings is 1. The van der Waals surface area contributed by atoms with E-state index in [0.29, 0.717) is 65.7 Å². The van der Waals surface area contributed by atoms with Gasteiger partial charge in [-0.25, -0.2) is 19.3 Å². The fourth-order valence-electron chi connectivity index (χ4n) is 4.56. The number of piperidine rings is 1. The molecule has 0 spiro atoms. The van der Waals surface area contributed by atoms with E-state index < -0.39 is 18.2 Å². The van der Waals surface area contributed by atoms with E-state index in [0.717, 1.165) is 12.8 Å². The quantitative estimate of drug-likeness (QED) is 0.406. The highest BCUT2D eigenvalue weighted by atomic mass is 19.1. The molecule has 1 unspecified atom stereocenters. The minimum Gasteiger partial charge on any atom is -0.487 e. The third-order valence-corrected chi connectivity index (χ3v) is 6.57. The Kier molecular flexibility index (Phi) is 7.71. The second-order valence-corrected chi connectivity index (χ2v) is 9.41. The number of likely N-dealkylation sites (tertiary alicyclic amines) is 1. The van der Waals surface area contributed by atoms with Gasteiger partial charge in [0.15, 0.2) is 17.7 Å². The average molecular weight is 511 g/mol. The number of rotatable bonds is 5. The maximum absolute atomic E-state index is 14.8. The Balaban J connectivity index is 1.51. The van der Waals surface area contributed by atoms with Crippen LogP contribution in [0.15, 0.2) is 30.7 Å². The van der Waals surface area contributed by atoms with Crippen molar-refractivity contribution in [3.63, 3.8) is 0 Å². The van der Waals surface area contributed by atoms with Gasteiger partial charge in [-0.1, -0.05) is 6.92 Å². The molecule has 196 valence electrons. The summed E-state index contributed by atoms with van der Waals surface area (Å²) < 4.78 is 31.7. The molecule has 4 heterocycles. The van der Waals surface area contributed by atoms with E-state index in [-0.39, 0.29) is 19.3 Å². The van der Waals surface area contributed by atoms with Crippen LogP contribution in [0.3, 0.4) is 0 Å². The zero-order valence-electron chi connectivity index (χ0n) is 21.0. The molecular weight excluding hydrogens is 479 g/mol. The summed E-state index contributed by atoms with van der Waals surface area (Å²) >= 11 is 0.